The second-order valence-electron chi connectivity index (χ2n) is 8.38. The molecule has 0 radical (unpaired) electrons. The molecule has 1 unspecified atom stereocenters. The van der Waals surface area contributed by atoms with Gasteiger partial charge in [-0.3, -0.25) is 4.99 Å². The Hall–Kier alpha value is -4.23. The van der Waals surface area contributed by atoms with E-state index in [9.17, 15) is 0 Å². The SMILES string of the molecule is C=C/C=C\C=C(/C=C)c1ccc2c(c1)NC(\N=C(C)/C=C(N)/C(C=C)=C/C=NC)N=C2N1CCOCC1. The van der Waals surface area contributed by atoms with E-state index in [2.05, 4.69) is 53.1 Å². The van der Waals surface area contributed by atoms with Gasteiger partial charge in [0.25, 0.3) is 0 Å². The molecular formula is C30H36N6O. The first-order chi connectivity index (χ1) is 18.0. The molecule has 3 N–H and O–H groups in total. The second kappa shape index (κ2) is 13.8. The molecule has 1 aromatic carbocycles. The van der Waals surface area contributed by atoms with Crippen LogP contribution in [0.1, 0.15) is 18.1 Å². The zero-order valence-electron chi connectivity index (χ0n) is 21.7. The third-order valence-electron chi connectivity index (χ3n) is 5.82. The van der Waals surface area contributed by atoms with Gasteiger partial charge in [0.1, 0.15) is 5.84 Å². The molecule has 0 amide bonds. The summed E-state index contributed by atoms with van der Waals surface area (Å²) in [5, 5.41) is 3.48. The van der Waals surface area contributed by atoms with Crippen molar-refractivity contribution in [3.63, 3.8) is 0 Å². The fourth-order valence-corrected chi connectivity index (χ4v) is 3.98. The van der Waals surface area contributed by atoms with E-state index in [1.807, 2.05) is 43.4 Å². The summed E-state index contributed by atoms with van der Waals surface area (Å²) >= 11 is 0. The molecule has 1 fully saturated rings. The highest BCUT2D eigenvalue weighted by Crippen LogP contribution is 2.29. The highest BCUT2D eigenvalue weighted by Gasteiger charge is 2.26. The van der Waals surface area contributed by atoms with Crippen LogP contribution in [0.3, 0.4) is 0 Å². The van der Waals surface area contributed by atoms with Gasteiger partial charge in [-0.1, -0.05) is 62.3 Å². The van der Waals surface area contributed by atoms with E-state index in [4.69, 9.17) is 20.5 Å². The molecule has 37 heavy (non-hydrogen) atoms. The summed E-state index contributed by atoms with van der Waals surface area (Å²) in [4.78, 5) is 16.0. The molecular weight excluding hydrogens is 460 g/mol. The number of allylic oxidation sites excluding steroid dienone is 9. The Balaban J connectivity index is 2.00. The maximum Gasteiger partial charge on any atom is 0.216 e. The Bertz CT molecular complexity index is 1220. The van der Waals surface area contributed by atoms with Gasteiger partial charge in [0, 0.05) is 49.0 Å². The predicted octanol–water partition coefficient (Wildman–Crippen LogP) is 4.90. The van der Waals surface area contributed by atoms with Crippen LogP contribution in [-0.4, -0.2) is 62.3 Å². The third kappa shape index (κ3) is 7.38. The van der Waals surface area contributed by atoms with Gasteiger partial charge in [-0.25, -0.2) is 9.98 Å². The lowest BCUT2D eigenvalue weighted by atomic mass is 10.00. The Morgan fingerprint density at radius 2 is 1.95 bits per heavy atom. The summed E-state index contributed by atoms with van der Waals surface area (Å²) in [6, 6.07) is 6.30. The molecule has 0 bridgehead atoms. The van der Waals surface area contributed by atoms with E-state index >= 15 is 0 Å². The number of ether oxygens (including phenoxy) is 1. The molecule has 0 spiro atoms. The van der Waals surface area contributed by atoms with Crippen molar-refractivity contribution in [2.45, 2.75) is 13.2 Å². The van der Waals surface area contributed by atoms with E-state index in [-0.39, 0.29) is 0 Å². The van der Waals surface area contributed by atoms with Crippen molar-refractivity contribution >= 4 is 29.0 Å². The monoisotopic (exact) mass is 496 g/mol. The molecule has 7 heteroatoms. The summed E-state index contributed by atoms with van der Waals surface area (Å²) in [7, 11) is 1.71. The van der Waals surface area contributed by atoms with Crippen molar-refractivity contribution < 1.29 is 4.74 Å². The van der Waals surface area contributed by atoms with Crippen LogP contribution in [0.5, 0.6) is 0 Å². The smallest absolute Gasteiger partial charge is 0.216 e. The van der Waals surface area contributed by atoms with Gasteiger partial charge in [0.05, 0.1) is 13.2 Å². The topological polar surface area (TPSA) is 87.6 Å². The Kier molecular flexibility index (Phi) is 10.2. The highest BCUT2D eigenvalue weighted by molar-refractivity contribution is 6.06. The Labute approximate surface area is 220 Å². The van der Waals surface area contributed by atoms with Gasteiger partial charge in [-0.05, 0) is 47.9 Å². The number of rotatable bonds is 9. The van der Waals surface area contributed by atoms with Crippen molar-refractivity contribution in [3.8, 4) is 0 Å². The molecule has 2 aliphatic rings. The number of nitrogens with two attached hydrogens (primary N) is 1. The van der Waals surface area contributed by atoms with E-state index in [0.29, 0.717) is 18.9 Å². The van der Waals surface area contributed by atoms with E-state index < -0.39 is 6.29 Å². The molecule has 7 nitrogen and oxygen atoms in total. The van der Waals surface area contributed by atoms with Gasteiger partial charge in [0.2, 0.25) is 6.29 Å². The van der Waals surface area contributed by atoms with Crippen LogP contribution in [0.2, 0.25) is 0 Å². The van der Waals surface area contributed by atoms with Crippen LogP contribution in [-0.2, 0) is 4.74 Å². The van der Waals surface area contributed by atoms with Crippen molar-refractivity contribution in [3.05, 3.63) is 109 Å². The van der Waals surface area contributed by atoms with Crippen LogP contribution in [0, 0.1) is 0 Å². The van der Waals surface area contributed by atoms with Gasteiger partial charge in [-0.2, -0.15) is 0 Å². The second-order valence-corrected chi connectivity index (χ2v) is 8.38. The number of morpholine rings is 1. The first-order valence-corrected chi connectivity index (χ1v) is 12.2. The Morgan fingerprint density at radius 3 is 2.62 bits per heavy atom. The van der Waals surface area contributed by atoms with Crippen molar-refractivity contribution in [1.82, 2.24) is 4.90 Å². The maximum atomic E-state index is 6.29. The van der Waals surface area contributed by atoms with E-state index in [1.165, 1.54) is 0 Å². The summed E-state index contributed by atoms with van der Waals surface area (Å²) in [6.07, 6.45) is 15.9. The minimum atomic E-state index is -0.505. The fourth-order valence-electron chi connectivity index (χ4n) is 3.98. The lowest BCUT2D eigenvalue weighted by molar-refractivity contribution is 0.0680. The molecule has 1 aromatic rings. The number of fused-ring (bicyclic) bond motifs is 1. The van der Waals surface area contributed by atoms with E-state index in [1.54, 1.807) is 25.4 Å². The molecule has 1 atom stereocenters. The summed E-state index contributed by atoms with van der Waals surface area (Å²) in [6.45, 7) is 16.3. The van der Waals surface area contributed by atoms with Gasteiger partial charge < -0.3 is 20.7 Å². The molecule has 0 saturated carbocycles. The molecule has 0 aromatic heterocycles. The summed E-state index contributed by atoms with van der Waals surface area (Å²) in [5.41, 5.74) is 12.4. The van der Waals surface area contributed by atoms with Gasteiger partial charge >= 0.3 is 0 Å². The minimum absolute atomic E-state index is 0.505. The largest absolute Gasteiger partial charge is 0.398 e. The normalized spacial score (nSPS) is 19.5. The number of benzene rings is 1. The lowest BCUT2D eigenvalue weighted by Gasteiger charge is -2.34. The van der Waals surface area contributed by atoms with Gasteiger partial charge in [0.15, 0.2) is 0 Å². The predicted molar refractivity (Wildman–Crippen MR) is 158 cm³/mol. The number of amidine groups is 1. The number of nitrogens with zero attached hydrogens (tertiary/aromatic N) is 4. The average molecular weight is 497 g/mol. The van der Waals surface area contributed by atoms with Crippen molar-refractivity contribution in [2.75, 3.05) is 38.7 Å². The summed E-state index contributed by atoms with van der Waals surface area (Å²) < 4.78 is 5.57. The van der Waals surface area contributed by atoms with Crippen LogP contribution in [0.15, 0.2) is 113 Å². The first-order valence-electron chi connectivity index (χ1n) is 12.2. The van der Waals surface area contributed by atoms with Crippen LogP contribution < -0.4 is 11.1 Å². The standard InChI is InChI=1S/C30H36N6O/c1-6-9-10-11-23(7-2)25-12-13-26-28(21-25)34-30(35-29(26)36-16-18-37-19-17-36)33-22(4)20-27(31)24(8-3)14-15-32-5/h6-15,20-21,30,34H,1-3,16-19,31H2,4-5H3/b10-9-,23-11+,24-14+,27-20-,32-15?,33-22-. The third-order valence-corrected chi connectivity index (χ3v) is 5.82. The molecule has 2 heterocycles. The minimum Gasteiger partial charge on any atom is -0.398 e. The first kappa shape index (κ1) is 27.4. The molecule has 3 rings (SSSR count). The summed E-state index contributed by atoms with van der Waals surface area (Å²) in [5.74, 6) is 0.906. The lowest BCUT2D eigenvalue weighted by Crippen LogP contribution is -2.43. The number of aliphatic imine (C=N–C) groups is 3. The molecule has 2 aliphatic heterocycles. The van der Waals surface area contributed by atoms with Crippen LogP contribution in [0.4, 0.5) is 5.69 Å². The van der Waals surface area contributed by atoms with E-state index in [0.717, 1.165) is 52.6 Å². The highest BCUT2D eigenvalue weighted by atomic mass is 16.5. The van der Waals surface area contributed by atoms with Crippen molar-refractivity contribution in [2.24, 2.45) is 20.7 Å². The van der Waals surface area contributed by atoms with Crippen LogP contribution in [0.25, 0.3) is 5.57 Å². The van der Waals surface area contributed by atoms with Crippen molar-refractivity contribution in [1.29, 1.82) is 0 Å². The maximum absolute atomic E-state index is 6.29. The average Bonchev–Trinajstić information content (AvgIpc) is 2.91. The number of nitrogens with one attached hydrogen (secondary N) is 1. The fraction of sp³-hybridized carbons (Fsp3) is 0.233. The zero-order valence-corrected chi connectivity index (χ0v) is 21.7. The van der Waals surface area contributed by atoms with Crippen LogP contribution >= 0.6 is 0 Å². The Morgan fingerprint density at radius 1 is 1.16 bits per heavy atom. The number of hydrogen-bond acceptors (Lipinski definition) is 7. The quantitative estimate of drug-likeness (QED) is 0.376. The molecule has 192 valence electrons. The number of anilines is 1. The van der Waals surface area contributed by atoms with Gasteiger partial charge in [-0.15, -0.1) is 0 Å². The number of hydrogen-bond donors (Lipinski definition) is 2. The zero-order chi connectivity index (χ0) is 26.6. The molecule has 0 aliphatic carbocycles. The molecule has 1 saturated heterocycles.